The highest BCUT2D eigenvalue weighted by atomic mass is 16.7. The molecule has 0 aromatic rings. The first-order valence-corrected chi connectivity index (χ1v) is 37.2. The molecule has 0 radical (unpaired) electrons. The molecular weight excluding hydrogens is 1070 g/mol. The predicted molar refractivity (Wildman–Crippen MR) is 369 cm³/mol. The Morgan fingerprint density at radius 2 is 0.721 bits per heavy atom. The highest BCUT2D eigenvalue weighted by molar-refractivity contribution is 5.76. The Morgan fingerprint density at radius 1 is 0.407 bits per heavy atom. The van der Waals surface area contributed by atoms with Crippen LogP contribution < -0.4 is 5.32 Å². The molecule has 1 saturated heterocycles. The largest absolute Gasteiger partial charge is 0.394 e. The van der Waals surface area contributed by atoms with Gasteiger partial charge in [0.05, 0.1) is 25.4 Å². The third kappa shape index (κ3) is 53.5. The van der Waals surface area contributed by atoms with E-state index in [1.165, 1.54) is 263 Å². The highest BCUT2D eigenvalue weighted by Gasteiger charge is 2.44. The summed E-state index contributed by atoms with van der Waals surface area (Å²) in [5.74, 6) is -0.173. The number of carbonyl (C=O) groups is 1. The van der Waals surface area contributed by atoms with Crippen molar-refractivity contribution in [1.29, 1.82) is 0 Å². The van der Waals surface area contributed by atoms with Gasteiger partial charge in [0.15, 0.2) is 6.29 Å². The van der Waals surface area contributed by atoms with Crippen LogP contribution in [0.4, 0.5) is 0 Å². The van der Waals surface area contributed by atoms with Gasteiger partial charge in [0.1, 0.15) is 24.4 Å². The fraction of sp³-hybridized carbons (Fsp3) is 0.831. The lowest BCUT2D eigenvalue weighted by molar-refractivity contribution is -0.302. The molecule has 0 aromatic carbocycles. The number of hydrogen-bond acceptors (Lipinski definition) is 8. The van der Waals surface area contributed by atoms with E-state index in [9.17, 15) is 30.3 Å². The van der Waals surface area contributed by atoms with Gasteiger partial charge < -0.3 is 40.3 Å². The number of aliphatic hydroxyl groups excluding tert-OH is 5. The summed E-state index contributed by atoms with van der Waals surface area (Å²) in [5.41, 5.74) is 0. The molecule has 7 unspecified atom stereocenters. The zero-order chi connectivity index (χ0) is 62.1. The van der Waals surface area contributed by atoms with Crippen LogP contribution in [0, 0.1) is 0 Å². The van der Waals surface area contributed by atoms with E-state index < -0.39 is 49.5 Å². The van der Waals surface area contributed by atoms with Crippen LogP contribution in [0.3, 0.4) is 0 Å². The van der Waals surface area contributed by atoms with Crippen molar-refractivity contribution in [2.75, 3.05) is 13.2 Å². The van der Waals surface area contributed by atoms with Crippen molar-refractivity contribution in [1.82, 2.24) is 5.32 Å². The number of rotatable bonds is 65. The molecule has 9 heteroatoms. The Bertz CT molecular complexity index is 1590. The smallest absolute Gasteiger partial charge is 0.220 e. The van der Waals surface area contributed by atoms with Crippen LogP contribution >= 0.6 is 0 Å². The molecule has 9 nitrogen and oxygen atoms in total. The Balaban J connectivity index is 2.11. The van der Waals surface area contributed by atoms with Gasteiger partial charge in [-0.25, -0.2) is 0 Å². The lowest BCUT2D eigenvalue weighted by atomic mass is 9.99. The lowest BCUT2D eigenvalue weighted by Crippen LogP contribution is -2.60. The average Bonchev–Trinajstić information content (AvgIpc) is 2.60. The first-order valence-electron chi connectivity index (χ1n) is 37.2. The quantitative estimate of drug-likeness (QED) is 0.0261. The molecule has 0 saturated carbocycles. The standard InChI is InChI=1S/C77H141NO8/c1-3-5-7-9-11-13-15-17-19-21-23-25-27-29-31-33-35-36-37-39-41-43-45-47-49-51-53-55-57-59-61-63-65-67-73(81)78-70(69-85-77-76(84)75(83)74(82)72(68-79)86-77)71(80)66-64-62-60-58-56-54-52-50-48-46-44-42-40-38-34-32-30-28-26-24-22-20-18-16-14-12-10-8-6-4-2/h5,7,11,13,17,19,23,25,29,31,64,66,70-72,74-77,79-80,82-84H,3-4,6,8-10,12,14-16,18,20-22,24,26-28,30,32-63,65,67-69H2,1-2H3,(H,78,81)/b7-5-,13-11-,19-17-,25-23-,31-29-,66-64+. The van der Waals surface area contributed by atoms with Crippen LogP contribution in [0.5, 0.6) is 0 Å². The van der Waals surface area contributed by atoms with Gasteiger partial charge in [-0.15, -0.1) is 0 Å². The Kier molecular flexibility index (Phi) is 62.3. The molecule has 502 valence electrons. The minimum absolute atomic E-state index is 0.173. The molecular formula is C77H141NO8. The third-order valence-electron chi connectivity index (χ3n) is 17.5. The van der Waals surface area contributed by atoms with E-state index in [1.807, 2.05) is 6.08 Å². The third-order valence-corrected chi connectivity index (χ3v) is 17.5. The fourth-order valence-corrected chi connectivity index (χ4v) is 11.8. The van der Waals surface area contributed by atoms with Crippen molar-refractivity contribution in [3.8, 4) is 0 Å². The Labute approximate surface area is 531 Å². The molecule has 86 heavy (non-hydrogen) atoms. The monoisotopic (exact) mass is 1210 g/mol. The van der Waals surface area contributed by atoms with Crippen LogP contribution in [0.2, 0.25) is 0 Å². The number of nitrogens with one attached hydrogen (secondary N) is 1. The topological polar surface area (TPSA) is 149 Å². The molecule has 7 atom stereocenters. The summed E-state index contributed by atoms with van der Waals surface area (Å²) in [7, 11) is 0. The molecule has 0 aliphatic carbocycles. The Hall–Kier alpha value is -2.37. The van der Waals surface area contributed by atoms with E-state index in [1.54, 1.807) is 6.08 Å². The lowest BCUT2D eigenvalue weighted by Gasteiger charge is -2.40. The fourth-order valence-electron chi connectivity index (χ4n) is 11.8. The minimum Gasteiger partial charge on any atom is -0.394 e. The molecule has 1 rings (SSSR count). The zero-order valence-corrected chi connectivity index (χ0v) is 56.3. The van der Waals surface area contributed by atoms with Crippen molar-refractivity contribution >= 4 is 5.91 Å². The predicted octanol–water partition coefficient (Wildman–Crippen LogP) is 20.7. The van der Waals surface area contributed by atoms with Crippen molar-refractivity contribution in [2.24, 2.45) is 0 Å². The molecule has 1 fully saturated rings. The number of amides is 1. The summed E-state index contributed by atoms with van der Waals surface area (Å²) in [6.45, 7) is 3.71. The molecule has 0 spiro atoms. The van der Waals surface area contributed by atoms with Gasteiger partial charge in [0, 0.05) is 6.42 Å². The van der Waals surface area contributed by atoms with Crippen LogP contribution in [0.15, 0.2) is 72.9 Å². The van der Waals surface area contributed by atoms with Gasteiger partial charge in [-0.3, -0.25) is 4.79 Å². The van der Waals surface area contributed by atoms with E-state index in [0.29, 0.717) is 6.42 Å². The van der Waals surface area contributed by atoms with Crippen molar-refractivity contribution in [2.45, 2.75) is 397 Å². The number of hydrogen-bond donors (Lipinski definition) is 6. The molecule has 0 aromatic heterocycles. The highest BCUT2D eigenvalue weighted by Crippen LogP contribution is 2.24. The number of allylic oxidation sites excluding steroid dienone is 11. The van der Waals surface area contributed by atoms with E-state index >= 15 is 0 Å². The van der Waals surface area contributed by atoms with E-state index in [0.717, 1.165) is 70.6 Å². The summed E-state index contributed by atoms with van der Waals surface area (Å²) < 4.78 is 11.3. The maximum absolute atomic E-state index is 13.2. The maximum Gasteiger partial charge on any atom is 0.220 e. The van der Waals surface area contributed by atoms with Crippen molar-refractivity contribution < 1.29 is 39.8 Å². The summed E-state index contributed by atoms with van der Waals surface area (Å²) in [6.07, 6.45) is 85.9. The van der Waals surface area contributed by atoms with Crippen LogP contribution in [-0.2, 0) is 14.3 Å². The second-order valence-corrected chi connectivity index (χ2v) is 25.7. The van der Waals surface area contributed by atoms with Gasteiger partial charge in [-0.2, -0.15) is 0 Å². The normalized spacial score (nSPS) is 18.4. The van der Waals surface area contributed by atoms with E-state index in [4.69, 9.17) is 9.47 Å². The van der Waals surface area contributed by atoms with Gasteiger partial charge in [-0.1, -0.05) is 356 Å². The van der Waals surface area contributed by atoms with Gasteiger partial charge in [0.25, 0.3) is 0 Å². The van der Waals surface area contributed by atoms with E-state index in [-0.39, 0.29) is 12.5 Å². The molecule has 6 N–H and O–H groups in total. The first-order chi connectivity index (χ1) is 42.3. The number of aliphatic hydroxyl groups is 5. The van der Waals surface area contributed by atoms with E-state index in [2.05, 4.69) is 79.9 Å². The number of carbonyl (C=O) groups excluding carboxylic acids is 1. The van der Waals surface area contributed by atoms with Gasteiger partial charge in [-0.05, 0) is 64.2 Å². The van der Waals surface area contributed by atoms with Crippen LogP contribution in [0.1, 0.15) is 354 Å². The maximum atomic E-state index is 13.2. The number of ether oxygens (including phenoxy) is 2. The van der Waals surface area contributed by atoms with Crippen molar-refractivity contribution in [3.63, 3.8) is 0 Å². The van der Waals surface area contributed by atoms with Crippen LogP contribution in [-0.4, -0.2) is 87.5 Å². The summed E-state index contributed by atoms with van der Waals surface area (Å²) in [6, 6.07) is -0.809. The Morgan fingerprint density at radius 3 is 1.07 bits per heavy atom. The SMILES string of the molecule is CC/C=C\C/C=C\C/C=C\C/C=C\C/C=C\CCCCCCCCCCCCCCCCCCCC(=O)NC(COC1OC(CO)C(O)C(O)C1O)C(O)/C=C/CCCCCCCCCCCCCCCCCCCCCCCCCCCCCC. The molecule has 0 bridgehead atoms. The molecule has 1 amide bonds. The average molecular weight is 1210 g/mol. The molecule has 1 heterocycles. The second-order valence-electron chi connectivity index (χ2n) is 25.7. The molecule has 1 aliphatic heterocycles. The van der Waals surface area contributed by atoms with Gasteiger partial charge in [0.2, 0.25) is 5.91 Å². The molecule has 1 aliphatic rings. The summed E-state index contributed by atoms with van der Waals surface area (Å²) >= 11 is 0. The number of unbranched alkanes of at least 4 members (excludes halogenated alkanes) is 45. The summed E-state index contributed by atoms with van der Waals surface area (Å²) in [5, 5.41) is 54.9. The minimum atomic E-state index is -1.57. The van der Waals surface area contributed by atoms with Crippen molar-refractivity contribution in [3.05, 3.63) is 72.9 Å². The van der Waals surface area contributed by atoms with Crippen LogP contribution in [0.25, 0.3) is 0 Å². The zero-order valence-electron chi connectivity index (χ0n) is 56.3. The second kappa shape index (κ2) is 65.6. The van der Waals surface area contributed by atoms with Gasteiger partial charge >= 0.3 is 0 Å². The first kappa shape index (κ1) is 81.6. The summed E-state index contributed by atoms with van der Waals surface area (Å²) in [4.78, 5) is 13.2.